The summed E-state index contributed by atoms with van der Waals surface area (Å²) in [6.07, 6.45) is 1.67. The number of aromatic amines is 1. The van der Waals surface area contributed by atoms with E-state index in [1.807, 2.05) is 26.9 Å². The summed E-state index contributed by atoms with van der Waals surface area (Å²) in [5.74, 6) is -0.898. The van der Waals surface area contributed by atoms with Crippen molar-refractivity contribution in [2.24, 2.45) is 0 Å². The number of amides is 2. The number of aromatic nitrogens is 1. The number of nitrogens with zero attached hydrogens (tertiary/aromatic N) is 1. The van der Waals surface area contributed by atoms with Gasteiger partial charge in [-0.1, -0.05) is 6.92 Å². The smallest absolute Gasteiger partial charge is 0.256 e. The Morgan fingerprint density at radius 3 is 2.67 bits per heavy atom. The summed E-state index contributed by atoms with van der Waals surface area (Å²) >= 11 is 0. The number of carbonyl (C=O) groups excluding carboxylic acids is 2. The molecule has 0 unspecified atom stereocenters. The van der Waals surface area contributed by atoms with Crippen LogP contribution in [-0.4, -0.2) is 61.0 Å². The van der Waals surface area contributed by atoms with Crippen molar-refractivity contribution in [3.63, 3.8) is 0 Å². The molecule has 7 nitrogen and oxygen atoms in total. The van der Waals surface area contributed by atoms with Crippen LogP contribution < -0.4 is 10.6 Å². The number of hydrogen-bond donors (Lipinski definition) is 4. The van der Waals surface area contributed by atoms with E-state index in [0.29, 0.717) is 46.9 Å². The number of nitrogens with one attached hydrogen (secondary N) is 3. The standard InChI is InChI=1S/C24H33FN4O3Si/c1-6-29(11-12-33(4,5)32)10-9-26-24(31)22-15(2)21(27-16(22)3)14-19-18-13-17(25)7-8-20(18)28-23(19)30/h7-8,13-14,27,32H,6,9-12H2,1-5H3,(H,26,31)(H,28,30)/b19-14-. The molecule has 1 aliphatic heterocycles. The van der Waals surface area contributed by atoms with Crippen LogP contribution in [0.2, 0.25) is 19.1 Å². The highest BCUT2D eigenvalue weighted by Gasteiger charge is 2.26. The van der Waals surface area contributed by atoms with Crippen LogP contribution >= 0.6 is 0 Å². The predicted molar refractivity (Wildman–Crippen MR) is 132 cm³/mol. The van der Waals surface area contributed by atoms with Crippen LogP contribution in [0.15, 0.2) is 18.2 Å². The molecule has 0 spiro atoms. The van der Waals surface area contributed by atoms with Crippen molar-refractivity contribution >= 4 is 37.5 Å². The fraction of sp³-hybridized carbons (Fsp3) is 0.417. The van der Waals surface area contributed by atoms with Crippen LogP contribution in [0.5, 0.6) is 0 Å². The van der Waals surface area contributed by atoms with Gasteiger partial charge in [-0.2, -0.15) is 0 Å². The number of aryl methyl sites for hydroxylation is 1. The number of halogens is 1. The lowest BCUT2D eigenvalue weighted by atomic mass is 10.0. The van der Waals surface area contributed by atoms with Crippen LogP contribution in [0.3, 0.4) is 0 Å². The molecular weight excluding hydrogens is 439 g/mol. The minimum absolute atomic E-state index is 0.180. The van der Waals surface area contributed by atoms with Crippen molar-refractivity contribution in [1.82, 2.24) is 15.2 Å². The van der Waals surface area contributed by atoms with Gasteiger partial charge in [-0.15, -0.1) is 0 Å². The number of H-pyrrole nitrogens is 1. The average Bonchev–Trinajstić information content (AvgIpc) is 3.19. The van der Waals surface area contributed by atoms with Gasteiger partial charge in [0.1, 0.15) is 5.82 Å². The number of likely N-dealkylation sites (N-methyl/N-ethyl adjacent to an activating group) is 1. The zero-order valence-electron chi connectivity index (χ0n) is 19.9. The molecule has 0 radical (unpaired) electrons. The van der Waals surface area contributed by atoms with E-state index in [4.69, 9.17) is 0 Å². The highest BCUT2D eigenvalue weighted by atomic mass is 28.4. The highest BCUT2D eigenvalue weighted by molar-refractivity contribution is 6.69. The van der Waals surface area contributed by atoms with E-state index in [1.165, 1.54) is 12.1 Å². The zero-order chi connectivity index (χ0) is 24.3. The summed E-state index contributed by atoms with van der Waals surface area (Å²) in [7, 11) is -2.10. The van der Waals surface area contributed by atoms with Crippen LogP contribution in [0.25, 0.3) is 11.6 Å². The number of anilines is 1. The van der Waals surface area contributed by atoms with E-state index in [-0.39, 0.29) is 11.8 Å². The molecule has 0 bridgehead atoms. The van der Waals surface area contributed by atoms with Gasteiger partial charge in [0.2, 0.25) is 0 Å². The molecule has 0 saturated carbocycles. The topological polar surface area (TPSA) is 97.5 Å². The lowest BCUT2D eigenvalue weighted by Gasteiger charge is -2.23. The lowest BCUT2D eigenvalue weighted by Crippen LogP contribution is -2.38. The normalized spacial score (nSPS) is 14.7. The summed E-state index contributed by atoms with van der Waals surface area (Å²) in [5, 5.41) is 5.72. The Kier molecular flexibility index (Phi) is 7.56. The molecule has 0 atom stereocenters. The van der Waals surface area contributed by atoms with Gasteiger partial charge in [0, 0.05) is 35.7 Å². The Morgan fingerprint density at radius 1 is 1.27 bits per heavy atom. The Balaban J connectivity index is 1.71. The van der Waals surface area contributed by atoms with E-state index in [1.54, 1.807) is 12.1 Å². The van der Waals surface area contributed by atoms with Crippen LogP contribution in [-0.2, 0) is 4.79 Å². The molecule has 178 valence electrons. The molecule has 1 aromatic carbocycles. The Labute approximate surface area is 195 Å². The second-order valence-corrected chi connectivity index (χ2v) is 13.2. The third kappa shape index (κ3) is 5.98. The van der Waals surface area contributed by atoms with E-state index >= 15 is 0 Å². The monoisotopic (exact) mass is 472 g/mol. The van der Waals surface area contributed by atoms with Crippen LogP contribution in [0, 0.1) is 19.7 Å². The first-order valence-electron chi connectivity index (χ1n) is 11.2. The Morgan fingerprint density at radius 2 is 2.00 bits per heavy atom. The summed E-state index contributed by atoms with van der Waals surface area (Å²) in [5.41, 5.74) is 4.06. The van der Waals surface area contributed by atoms with Gasteiger partial charge in [-0.05, 0) is 75.9 Å². The molecular formula is C24H33FN4O3Si. The number of hydrogen-bond acceptors (Lipinski definition) is 4. The minimum atomic E-state index is -2.10. The molecule has 0 fully saturated rings. The third-order valence-corrected chi connectivity index (χ3v) is 7.40. The van der Waals surface area contributed by atoms with Gasteiger partial charge in [-0.25, -0.2) is 4.39 Å². The lowest BCUT2D eigenvalue weighted by molar-refractivity contribution is -0.110. The maximum absolute atomic E-state index is 13.7. The summed E-state index contributed by atoms with van der Waals surface area (Å²) in [6.45, 7) is 12.4. The van der Waals surface area contributed by atoms with E-state index in [0.717, 1.165) is 24.7 Å². The van der Waals surface area contributed by atoms with Crippen molar-refractivity contribution in [1.29, 1.82) is 0 Å². The van der Waals surface area contributed by atoms with Crippen LogP contribution in [0.4, 0.5) is 10.1 Å². The number of benzene rings is 1. The molecule has 3 rings (SSSR count). The molecule has 2 aromatic rings. The largest absolute Gasteiger partial charge is 0.432 e. The summed E-state index contributed by atoms with van der Waals surface area (Å²) in [4.78, 5) is 40.8. The quantitative estimate of drug-likeness (QED) is 0.332. The second kappa shape index (κ2) is 10.0. The van der Waals surface area contributed by atoms with Gasteiger partial charge >= 0.3 is 0 Å². The molecule has 1 aromatic heterocycles. The summed E-state index contributed by atoms with van der Waals surface area (Å²) in [6, 6.07) is 4.97. The molecule has 33 heavy (non-hydrogen) atoms. The van der Waals surface area contributed by atoms with Gasteiger partial charge in [0.05, 0.1) is 11.1 Å². The molecule has 1 aliphatic rings. The maximum atomic E-state index is 13.7. The first kappa shape index (κ1) is 24.9. The molecule has 2 heterocycles. The minimum Gasteiger partial charge on any atom is -0.432 e. The van der Waals surface area contributed by atoms with Gasteiger partial charge in [0.15, 0.2) is 8.32 Å². The summed E-state index contributed by atoms with van der Waals surface area (Å²) < 4.78 is 13.7. The van der Waals surface area contributed by atoms with Crippen molar-refractivity contribution < 1.29 is 18.8 Å². The fourth-order valence-corrected chi connectivity index (χ4v) is 4.85. The van der Waals surface area contributed by atoms with Gasteiger partial charge < -0.3 is 25.3 Å². The zero-order valence-corrected chi connectivity index (χ0v) is 20.9. The first-order chi connectivity index (χ1) is 15.5. The predicted octanol–water partition coefficient (Wildman–Crippen LogP) is 3.51. The number of rotatable bonds is 9. The van der Waals surface area contributed by atoms with E-state index in [2.05, 4.69) is 27.4 Å². The first-order valence-corrected chi connectivity index (χ1v) is 14.4. The van der Waals surface area contributed by atoms with E-state index < -0.39 is 14.1 Å². The molecule has 0 aliphatic carbocycles. The van der Waals surface area contributed by atoms with Gasteiger partial charge in [-0.3, -0.25) is 9.59 Å². The molecule has 2 amide bonds. The number of carbonyl (C=O) groups is 2. The maximum Gasteiger partial charge on any atom is 0.256 e. The second-order valence-electron chi connectivity index (χ2n) is 9.12. The van der Waals surface area contributed by atoms with E-state index in [9.17, 15) is 18.8 Å². The van der Waals surface area contributed by atoms with Crippen molar-refractivity contribution in [3.05, 3.63) is 52.1 Å². The van der Waals surface area contributed by atoms with Crippen molar-refractivity contribution in [2.75, 3.05) is 31.5 Å². The van der Waals surface area contributed by atoms with Crippen molar-refractivity contribution in [3.8, 4) is 0 Å². The highest BCUT2D eigenvalue weighted by Crippen LogP contribution is 2.34. The molecule has 9 heteroatoms. The molecule has 0 saturated heterocycles. The number of fused-ring (bicyclic) bond motifs is 1. The Bertz CT molecular complexity index is 1090. The fourth-order valence-electron chi connectivity index (χ4n) is 3.98. The average molecular weight is 473 g/mol. The Hall–Kier alpha value is -2.75. The van der Waals surface area contributed by atoms with Crippen LogP contribution in [0.1, 0.15) is 39.8 Å². The third-order valence-electron chi connectivity index (χ3n) is 5.96. The van der Waals surface area contributed by atoms with Gasteiger partial charge in [0.25, 0.3) is 11.8 Å². The van der Waals surface area contributed by atoms with Crippen molar-refractivity contribution in [2.45, 2.75) is 39.9 Å². The molecule has 4 N–H and O–H groups in total. The SMILES string of the molecule is CCN(CCNC(=O)c1c(C)[nH]c(/C=C2\C(=O)Nc3ccc(F)cc32)c1C)CC[Si](C)(C)O.